The molecule has 6 N–H and O–H groups in total. The van der Waals surface area contributed by atoms with Crippen molar-refractivity contribution in [3.05, 3.63) is 100.0 Å². The van der Waals surface area contributed by atoms with Crippen LogP contribution in [0.15, 0.2) is 93.4 Å². The van der Waals surface area contributed by atoms with Crippen LogP contribution in [0.1, 0.15) is 16.8 Å². The SMILES string of the molecule is COC1(O)C=CC(=C2CC(=O)c3c(O)cc(O)cc3O2)C=C1.COc1cc(-c2cc(=O)c3c(O)cc(O)cc3o2)ccc1O. The largest absolute Gasteiger partial charge is 0.508 e. The Morgan fingerprint density at radius 3 is 2.18 bits per heavy atom. The van der Waals surface area contributed by atoms with Crippen molar-refractivity contribution in [1.82, 2.24) is 0 Å². The number of carbonyl (C=O) groups excluding carboxylic acids is 1. The van der Waals surface area contributed by atoms with Crippen molar-refractivity contribution in [3.63, 3.8) is 0 Å². The van der Waals surface area contributed by atoms with Crippen LogP contribution in [-0.2, 0) is 4.74 Å². The summed E-state index contributed by atoms with van der Waals surface area (Å²) in [5.74, 6) is -1.96. The molecule has 1 aliphatic carbocycles. The Balaban J connectivity index is 0.000000175. The highest BCUT2D eigenvalue weighted by molar-refractivity contribution is 6.04. The molecule has 12 heteroatoms. The van der Waals surface area contributed by atoms with Crippen molar-refractivity contribution >= 4 is 16.8 Å². The number of carbonyl (C=O) groups is 1. The molecule has 0 atom stereocenters. The molecule has 4 aromatic rings. The normalized spacial score (nSPS) is 17.1. The number of aromatic hydroxyl groups is 5. The summed E-state index contributed by atoms with van der Waals surface area (Å²) in [7, 11) is 2.78. The van der Waals surface area contributed by atoms with Crippen molar-refractivity contribution in [3.8, 4) is 51.6 Å². The molecule has 0 unspecified atom stereocenters. The number of methoxy groups -OCH3 is 2. The zero-order chi connectivity index (χ0) is 31.8. The van der Waals surface area contributed by atoms with E-state index in [1.807, 2.05) is 0 Å². The summed E-state index contributed by atoms with van der Waals surface area (Å²) < 4.78 is 21.1. The van der Waals surface area contributed by atoms with E-state index in [9.17, 15) is 40.2 Å². The molecule has 1 aliphatic heterocycles. The number of hydrogen-bond donors (Lipinski definition) is 6. The van der Waals surface area contributed by atoms with Gasteiger partial charge in [-0.1, -0.05) is 0 Å². The fraction of sp³-hybridized carbons (Fsp3) is 0.125. The standard InChI is InChI=1S/C16H14O6.C16H12O6/c1-21-16(20)4-2-9(3-5-16)13-8-12(19)15-11(18)6-10(17)7-14(15)22-13;1-21-14-4-8(2-3-10(14)18)13-7-12(20)16-11(19)5-9(17)6-15(16)22-13/h2-7,17-18,20H,8H2,1H3;2-7,17-19H,1H3. The van der Waals surface area contributed by atoms with Crippen LogP contribution < -0.4 is 14.9 Å². The predicted molar refractivity (Wildman–Crippen MR) is 156 cm³/mol. The smallest absolute Gasteiger partial charge is 0.205 e. The minimum Gasteiger partial charge on any atom is -0.508 e. The minimum atomic E-state index is -1.48. The van der Waals surface area contributed by atoms with E-state index in [1.165, 1.54) is 56.7 Å². The summed E-state index contributed by atoms with van der Waals surface area (Å²) in [6.45, 7) is 0. The van der Waals surface area contributed by atoms with Gasteiger partial charge < -0.3 is 49.3 Å². The van der Waals surface area contributed by atoms with Gasteiger partial charge in [0.1, 0.15) is 56.8 Å². The van der Waals surface area contributed by atoms with Crippen molar-refractivity contribution < 1.29 is 54.1 Å². The molecule has 0 bridgehead atoms. The number of phenolic OH excluding ortho intramolecular Hbond substituents is 5. The number of hydrogen-bond acceptors (Lipinski definition) is 12. The highest BCUT2D eigenvalue weighted by Crippen LogP contribution is 2.40. The third-order valence-electron chi connectivity index (χ3n) is 6.81. The molecule has 226 valence electrons. The van der Waals surface area contributed by atoms with Gasteiger partial charge in [0, 0.05) is 48.6 Å². The number of fused-ring (bicyclic) bond motifs is 2. The third-order valence-corrected chi connectivity index (χ3v) is 6.81. The summed E-state index contributed by atoms with van der Waals surface area (Å²) in [5.41, 5.74) is 0.784. The average Bonchev–Trinajstić information content (AvgIpc) is 2.97. The third kappa shape index (κ3) is 5.79. The van der Waals surface area contributed by atoms with Gasteiger partial charge in [0.2, 0.25) is 5.79 Å². The molecular weight excluding hydrogens is 576 g/mol. The minimum absolute atomic E-state index is 0.00714. The van der Waals surface area contributed by atoms with E-state index in [0.717, 1.165) is 12.1 Å². The van der Waals surface area contributed by atoms with Gasteiger partial charge in [-0.3, -0.25) is 9.59 Å². The molecule has 3 aromatic carbocycles. The molecule has 0 saturated carbocycles. The lowest BCUT2D eigenvalue weighted by atomic mass is 9.97. The Morgan fingerprint density at radius 1 is 0.818 bits per heavy atom. The second kappa shape index (κ2) is 11.5. The van der Waals surface area contributed by atoms with E-state index in [0.29, 0.717) is 16.9 Å². The lowest BCUT2D eigenvalue weighted by Crippen LogP contribution is -2.27. The molecular formula is C32H26O12. The highest BCUT2D eigenvalue weighted by atomic mass is 16.6. The fourth-order valence-electron chi connectivity index (χ4n) is 4.59. The summed E-state index contributed by atoms with van der Waals surface area (Å²) >= 11 is 0. The second-order valence-electron chi connectivity index (χ2n) is 9.74. The Hall–Kier alpha value is -5.72. The molecule has 2 aliphatic rings. The molecule has 44 heavy (non-hydrogen) atoms. The number of allylic oxidation sites excluding steroid dienone is 4. The molecule has 0 radical (unpaired) electrons. The van der Waals surface area contributed by atoms with E-state index in [1.54, 1.807) is 18.2 Å². The van der Waals surface area contributed by atoms with E-state index < -0.39 is 11.2 Å². The summed E-state index contributed by atoms with van der Waals surface area (Å²) in [5, 5.41) is 58.0. The fourth-order valence-corrected chi connectivity index (χ4v) is 4.59. The van der Waals surface area contributed by atoms with E-state index >= 15 is 0 Å². The predicted octanol–water partition coefficient (Wildman–Crippen LogP) is 4.36. The monoisotopic (exact) mass is 602 g/mol. The Labute approximate surface area is 248 Å². The van der Waals surface area contributed by atoms with Crippen molar-refractivity contribution in [2.24, 2.45) is 0 Å². The van der Waals surface area contributed by atoms with Gasteiger partial charge >= 0.3 is 0 Å². The highest BCUT2D eigenvalue weighted by Gasteiger charge is 2.29. The molecule has 0 amide bonds. The Bertz CT molecular complexity index is 1930. The van der Waals surface area contributed by atoms with E-state index in [2.05, 4.69) is 0 Å². The van der Waals surface area contributed by atoms with Crippen LogP contribution in [0.2, 0.25) is 0 Å². The maximum absolute atomic E-state index is 12.2. The second-order valence-corrected chi connectivity index (χ2v) is 9.74. The van der Waals surface area contributed by atoms with E-state index in [4.69, 9.17) is 18.6 Å². The Kier molecular flexibility index (Phi) is 7.79. The lowest BCUT2D eigenvalue weighted by molar-refractivity contribution is -0.106. The number of phenols is 5. The number of ether oxygens (including phenoxy) is 3. The maximum atomic E-state index is 12.2. The molecule has 12 nitrogen and oxygen atoms in total. The van der Waals surface area contributed by atoms with Gasteiger partial charge in [0.15, 0.2) is 22.7 Å². The maximum Gasteiger partial charge on any atom is 0.205 e. The van der Waals surface area contributed by atoms with Crippen LogP contribution in [0.4, 0.5) is 0 Å². The number of ketones is 1. The van der Waals surface area contributed by atoms with Crippen LogP contribution >= 0.6 is 0 Å². The van der Waals surface area contributed by atoms with Crippen LogP contribution in [0, 0.1) is 0 Å². The zero-order valence-electron chi connectivity index (χ0n) is 23.3. The molecule has 0 saturated heterocycles. The van der Waals surface area contributed by atoms with Crippen LogP contribution in [0.5, 0.6) is 40.2 Å². The van der Waals surface area contributed by atoms with Crippen molar-refractivity contribution in [1.29, 1.82) is 0 Å². The quantitative estimate of drug-likeness (QED) is 0.182. The number of Topliss-reactive ketones (excluding diaryl/α,β-unsaturated/α-hetero) is 1. The number of aliphatic hydroxyl groups is 1. The molecule has 6 rings (SSSR count). The summed E-state index contributed by atoms with van der Waals surface area (Å²) in [6, 6.07) is 10.4. The topological polar surface area (TPSA) is 196 Å². The van der Waals surface area contributed by atoms with Gasteiger partial charge in [-0.2, -0.15) is 0 Å². The van der Waals surface area contributed by atoms with Gasteiger partial charge in [0.05, 0.1) is 13.5 Å². The summed E-state index contributed by atoms with van der Waals surface area (Å²) in [6.07, 6.45) is 6.00. The van der Waals surface area contributed by atoms with E-state index in [-0.39, 0.29) is 74.7 Å². The van der Waals surface area contributed by atoms with Gasteiger partial charge in [-0.15, -0.1) is 0 Å². The average molecular weight is 603 g/mol. The van der Waals surface area contributed by atoms with Crippen LogP contribution in [0.25, 0.3) is 22.3 Å². The van der Waals surface area contributed by atoms with Gasteiger partial charge in [-0.25, -0.2) is 0 Å². The van der Waals surface area contributed by atoms with Crippen molar-refractivity contribution in [2.75, 3.05) is 14.2 Å². The zero-order valence-corrected chi connectivity index (χ0v) is 23.3. The molecule has 2 heterocycles. The first-order valence-corrected chi connectivity index (χ1v) is 12.9. The Morgan fingerprint density at radius 2 is 1.50 bits per heavy atom. The first kappa shape index (κ1) is 29.8. The first-order chi connectivity index (χ1) is 20.9. The first-order valence-electron chi connectivity index (χ1n) is 12.9. The van der Waals surface area contributed by atoms with Crippen molar-refractivity contribution in [2.45, 2.75) is 12.2 Å². The summed E-state index contributed by atoms with van der Waals surface area (Å²) in [4.78, 5) is 24.3. The molecule has 0 fully saturated rings. The number of benzene rings is 3. The number of rotatable bonds is 3. The van der Waals surface area contributed by atoms with Crippen LogP contribution in [0.3, 0.4) is 0 Å². The molecule has 1 aromatic heterocycles. The lowest BCUT2D eigenvalue weighted by Gasteiger charge is -2.24. The van der Waals surface area contributed by atoms with Crippen LogP contribution in [-0.4, -0.2) is 56.4 Å². The van der Waals surface area contributed by atoms with Gasteiger partial charge in [-0.05, 0) is 42.5 Å². The molecule has 0 spiro atoms. The van der Waals surface area contributed by atoms with Gasteiger partial charge in [0.25, 0.3) is 0 Å².